The molecule has 0 aliphatic carbocycles. The SMILES string of the molecule is CN(CCC#N)C(=O)COC(=O)CN1C(=O)c2ccccc2C1=O. The van der Waals surface area contributed by atoms with Gasteiger partial charge in [-0.25, -0.2) is 0 Å². The van der Waals surface area contributed by atoms with E-state index in [1.807, 2.05) is 6.07 Å². The van der Waals surface area contributed by atoms with Crippen molar-refractivity contribution in [3.63, 3.8) is 0 Å². The lowest BCUT2D eigenvalue weighted by molar-refractivity contribution is -0.151. The summed E-state index contributed by atoms with van der Waals surface area (Å²) < 4.78 is 4.80. The number of hydrogen-bond acceptors (Lipinski definition) is 6. The van der Waals surface area contributed by atoms with Gasteiger partial charge < -0.3 is 9.64 Å². The van der Waals surface area contributed by atoms with Crippen LogP contribution in [0.15, 0.2) is 24.3 Å². The Morgan fingerprint density at radius 3 is 2.33 bits per heavy atom. The fraction of sp³-hybridized carbons (Fsp3) is 0.312. The van der Waals surface area contributed by atoms with Crippen LogP contribution in [0, 0.1) is 11.3 Å². The number of carbonyl (C=O) groups excluding carboxylic acids is 4. The van der Waals surface area contributed by atoms with Crippen molar-refractivity contribution in [2.24, 2.45) is 0 Å². The van der Waals surface area contributed by atoms with Crippen LogP contribution in [-0.4, -0.2) is 60.2 Å². The predicted octanol–water partition coefficient (Wildman–Crippen LogP) is 0.198. The predicted molar refractivity (Wildman–Crippen MR) is 80.6 cm³/mol. The summed E-state index contributed by atoms with van der Waals surface area (Å²) in [6, 6.07) is 8.17. The van der Waals surface area contributed by atoms with E-state index in [-0.39, 0.29) is 24.1 Å². The molecule has 0 N–H and O–H groups in total. The molecule has 0 fully saturated rings. The highest BCUT2D eigenvalue weighted by Gasteiger charge is 2.36. The molecule has 8 heteroatoms. The lowest BCUT2D eigenvalue weighted by Gasteiger charge is -2.16. The zero-order valence-electron chi connectivity index (χ0n) is 13.0. The van der Waals surface area contributed by atoms with Crippen molar-refractivity contribution in [2.45, 2.75) is 6.42 Å². The maximum Gasteiger partial charge on any atom is 0.326 e. The minimum atomic E-state index is -0.855. The van der Waals surface area contributed by atoms with E-state index >= 15 is 0 Å². The van der Waals surface area contributed by atoms with E-state index in [2.05, 4.69) is 0 Å². The molecule has 0 bridgehead atoms. The van der Waals surface area contributed by atoms with Crippen LogP contribution in [0.3, 0.4) is 0 Å². The Morgan fingerprint density at radius 1 is 1.21 bits per heavy atom. The second-order valence-corrected chi connectivity index (χ2v) is 5.13. The Hall–Kier alpha value is -3.21. The number of amides is 3. The van der Waals surface area contributed by atoms with Crippen LogP contribution in [0.1, 0.15) is 27.1 Å². The average molecular weight is 329 g/mol. The molecule has 1 heterocycles. The first-order valence-corrected chi connectivity index (χ1v) is 7.17. The van der Waals surface area contributed by atoms with E-state index in [0.29, 0.717) is 0 Å². The molecule has 0 atom stereocenters. The van der Waals surface area contributed by atoms with E-state index < -0.39 is 36.8 Å². The van der Waals surface area contributed by atoms with Crippen molar-refractivity contribution in [3.05, 3.63) is 35.4 Å². The molecule has 1 aromatic carbocycles. The van der Waals surface area contributed by atoms with E-state index in [9.17, 15) is 19.2 Å². The Balaban J connectivity index is 1.88. The largest absolute Gasteiger partial charge is 0.454 e. The number of likely N-dealkylation sites (N-methyl/N-ethyl adjacent to an activating group) is 1. The Labute approximate surface area is 138 Å². The molecule has 0 radical (unpaired) electrons. The second-order valence-electron chi connectivity index (χ2n) is 5.13. The van der Waals surface area contributed by atoms with Crippen molar-refractivity contribution in [1.29, 1.82) is 5.26 Å². The summed E-state index contributed by atoms with van der Waals surface area (Å²) in [4.78, 5) is 49.7. The molecule has 8 nitrogen and oxygen atoms in total. The van der Waals surface area contributed by atoms with Gasteiger partial charge in [-0.15, -0.1) is 0 Å². The molecule has 2 rings (SSSR count). The number of carbonyl (C=O) groups is 4. The van der Waals surface area contributed by atoms with Gasteiger partial charge in [0, 0.05) is 13.6 Å². The molecule has 0 spiro atoms. The summed E-state index contributed by atoms with van der Waals surface area (Å²) in [5.74, 6) is -2.46. The second kappa shape index (κ2) is 7.37. The molecule has 1 aliphatic heterocycles. The van der Waals surface area contributed by atoms with Gasteiger partial charge in [-0.2, -0.15) is 5.26 Å². The third-order valence-electron chi connectivity index (χ3n) is 3.51. The topological polar surface area (TPSA) is 108 Å². The minimum Gasteiger partial charge on any atom is -0.454 e. The van der Waals surface area contributed by atoms with Gasteiger partial charge in [-0.1, -0.05) is 12.1 Å². The van der Waals surface area contributed by atoms with E-state index in [1.54, 1.807) is 12.1 Å². The van der Waals surface area contributed by atoms with Crippen molar-refractivity contribution in [2.75, 3.05) is 26.7 Å². The van der Waals surface area contributed by atoms with Crippen molar-refractivity contribution >= 4 is 23.7 Å². The molecule has 1 aromatic rings. The van der Waals surface area contributed by atoms with Crippen molar-refractivity contribution in [1.82, 2.24) is 9.80 Å². The van der Waals surface area contributed by atoms with Gasteiger partial charge in [0.15, 0.2) is 6.61 Å². The number of benzene rings is 1. The summed E-state index contributed by atoms with van der Waals surface area (Å²) in [7, 11) is 1.48. The quantitative estimate of drug-likeness (QED) is 0.545. The van der Waals surface area contributed by atoms with Crippen LogP contribution < -0.4 is 0 Å². The molecule has 1 aliphatic rings. The highest BCUT2D eigenvalue weighted by Crippen LogP contribution is 2.22. The fourth-order valence-electron chi connectivity index (χ4n) is 2.15. The van der Waals surface area contributed by atoms with Crippen LogP contribution in [0.5, 0.6) is 0 Å². The number of fused-ring (bicyclic) bond motifs is 1. The average Bonchev–Trinajstić information content (AvgIpc) is 2.83. The van der Waals surface area contributed by atoms with E-state index in [0.717, 1.165) is 4.90 Å². The summed E-state index contributed by atoms with van der Waals surface area (Å²) in [5.41, 5.74) is 0.477. The number of ether oxygens (including phenoxy) is 1. The Kier molecular flexibility index (Phi) is 5.27. The Morgan fingerprint density at radius 2 is 1.79 bits per heavy atom. The van der Waals surface area contributed by atoms with Gasteiger partial charge in [0.1, 0.15) is 6.54 Å². The lowest BCUT2D eigenvalue weighted by Crippen LogP contribution is -2.37. The van der Waals surface area contributed by atoms with Gasteiger partial charge >= 0.3 is 5.97 Å². The molecular formula is C16H15N3O5. The number of esters is 1. The zero-order valence-corrected chi connectivity index (χ0v) is 13.0. The molecule has 0 saturated heterocycles. The van der Waals surface area contributed by atoms with Gasteiger partial charge in [0.25, 0.3) is 17.7 Å². The summed E-state index contributed by atoms with van der Waals surface area (Å²) in [6.45, 7) is -0.837. The van der Waals surface area contributed by atoms with Gasteiger partial charge in [0.2, 0.25) is 0 Å². The van der Waals surface area contributed by atoms with Gasteiger partial charge in [0.05, 0.1) is 23.6 Å². The maximum absolute atomic E-state index is 12.1. The number of hydrogen-bond donors (Lipinski definition) is 0. The summed E-state index contributed by atoms with van der Waals surface area (Å²) in [5, 5.41) is 8.46. The van der Waals surface area contributed by atoms with Gasteiger partial charge in [-0.05, 0) is 12.1 Å². The number of rotatable bonds is 6. The molecule has 3 amide bonds. The Bertz CT molecular complexity index is 702. The molecule has 24 heavy (non-hydrogen) atoms. The van der Waals surface area contributed by atoms with E-state index in [4.69, 9.17) is 10.00 Å². The van der Waals surface area contributed by atoms with Gasteiger partial charge in [-0.3, -0.25) is 24.1 Å². The minimum absolute atomic E-state index is 0.172. The highest BCUT2D eigenvalue weighted by molar-refractivity contribution is 6.22. The standard InChI is InChI=1S/C16H15N3O5/c1-18(8-4-7-17)13(20)10-24-14(21)9-19-15(22)11-5-2-3-6-12(11)16(19)23/h2-3,5-6H,4,8-10H2,1H3. The normalized spacial score (nSPS) is 12.6. The van der Waals surface area contributed by atoms with E-state index in [1.165, 1.54) is 24.1 Å². The third kappa shape index (κ3) is 3.57. The van der Waals surface area contributed by atoms with Crippen LogP contribution in [0.25, 0.3) is 0 Å². The van der Waals surface area contributed by atoms with Crippen molar-refractivity contribution in [3.8, 4) is 6.07 Å². The van der Waals surface area contributed by atoms with Crippen LogP contribution in [-0.2, 0) is 14.3 Å². The number of imide groups is 1. The van der Waals surface area contributed by atoms with Crippen LogP contribution in [0.2, 0.25) is 0 Å². The first-order valence-electron chi connectivity index (χ1n) is 7.17. The smallest absolute Gasteiger partial charge is 0.326 e. The maximum atomic E-state index is 12.1. The van der Waals surface area contributed by atoms with Crippen LogP contribution in [0.4, 0.5) is 0 Å². The highest BCUT2D eigenvalue weighted by atomic mass is 16.5. The molecule has 124 valence electrons. The van der Waals surface area contributed by atoms with Crippen LogP contribution >= 0.6 is 0 Å². The molecular weight excluding hydrogens is 314 g/mol. The zero-order chi connectivity index (χ0) is 17.7. The monoisotopic (exact) mass is 329 g/mol. The first-order chi connectivity index (χ1) is 11.5. The third-order valence-corrected chi connectivity index (χ3v) is 3.51. The molecule has 0 unspecified atom stereocenters. The lowest BCUT2D eigenvalue weighted by atomic mass is 10.1. The molecule has 0 saturated carbocycles. The fourth-order valence-corrected chi connectivity index (χ4v) is 2.15. The summed E-state index contributed by atoms with van der Waals surface area (Å²) >= 11 is 0. The summed E-state index contributed by atoms with van der Waals surface area (Å²) in [6.07, 6.45) is 0.172. The van der Waals surface area contributed by atoms with Crippen molar-refractivity contribution < 1.29 is 23.9 Å². The number of nitrogens with zero attached hydrogens (tertiary/aromatic N) is 3. The molecule has 0 aromatic heterocycles. The first kappa shape index (κ1) is 17.1. The number of nitriles is 1.